The fraction of sp³-hybridized carbons (Fsp3) is 0.333. The molecule has 3 rings (SSSR count). The fourth-order valence-corrected chi connectivity index (χ4v) is 4.08. The summed E-state index contributed by atoms with van der Waals surface area (Å²) in [5.41, 5.74) is 4.19. The molecule has 1 saturated heterocycles. The van der Waals surface area contributed by atoms with Gasteiger partial charge in [0, 0.05) is 21.4 Å². The van der Waals surface area contributed by atoms with E-state index in [1.807, 2.05) is 0 Å². The summed E-state index contributed by atoms with van der Waals surface area (Å²) in [5.74, 6) is 1.10. The zero-order valence-corrected chi connectivity index (χ0v) is 15.2. The minimum absolute atomic E-state index is 0.523. The summed E-state index contributed by atoms with van der Waals surface area (Å²) < 4.78 is 2.41. The van der Waals surface area contributed by atoms with Crippen molar-refractivity contribution in [2.75, 3.05) is 13.1 Å². The van der Waals surface area contributed by atoms with Gasteiger partial charge in [-0.15, -0.1) is 0 Å². The summed E-state index contributed by atoms with van der Waals surface area (Å²) in [6.45, 7) is 4.31. The van der Waals surface area contributed by atoms with E-state index in [0.29, 0.717) is 11.8 Å². The average Bonchev–Trinajstić information content (AvgIpc) is 2.51. The Hall–Kier alpha value is -0.640. The van der Waals surface area contributed by atoms with Crippen LogP contribution in [0.15, 0.2) is 51.4 Å². The van der Waals surface area contributed by atoms with Crippen LogP contribution in [-0.4, -0.2) is 13.1 Å². The predicted octanol–water partition coefficient (Wildman–Crippen LogP) is 5.38. The molecule has 0 radical (unpaired) electrons. The number of hydrogen-bond donors (Lipinski definition) is 1. The molecule has 2 aromatic carbocycles. The van der Waals surface area contributed by atoms with Crippen molar-refractivity contribution in [2.45, 2.75) is 25.2 Å². The molecule has 0 aromatic heterocycles. The first-order chi connectivity index (χ1) is 10.2. The molecule has 3 heteroatoms. The molecule has 1 aliphatic heterocycles. The van der Waals surface area contributed by atoms with Crippen molar-refractivity contribution in [2.24, 2.45) is 0 Å². The van der Waals surface area contributed by atoms with Crippen LogP contribution in [0.25, 0.3) is 0 Å². The fourth-order valence-electron chi connectivity index (χ4n) is 3.26. The Bertz CT molecular complexity index is 639. The predicted molar refractivity (Wildman–Crippen MR) is 96.0 cm³/mol. The molecule has 1 N–H and O–H groups in total. The summed E-state index contributed by atoms with van der Waals surface area (Å²) >= 11 is 7.33. The van der Waals surface area contributed by atoms with Gasteiger partial charge in [0.1, 0.15) is 0 Å². The van der Waals surface area contributed by atoms with Crippen molar-refractivity contribution in [3.05, 3.63) is 68.1 Å². The second-order valence-electron chi connectivity index (χ2n) is 5.74. The van der Waals surface area contributed by atoms with Gasteiger partial charge in [-0.3, -0.25) is 0 Å². The molecular formula is C18H19Br2N. The molecule has 1 nitrogen and oxygen atoms in total. The lowest BCUT2D eigenvalue weighted by Gasteiger charge is -2.33. The molecule has 21 heavy (non-hydrogen) atoms. The monoisotopic (exact) mass is 407 g/mol. The maximum Gasteiger partial charge on any atom is 0.0210 e. The Morgan fingerprint density at radius 3 is 2.57 bits per heavy atom. The van der Waals surface area contributed by atoms with Gasteiger partial charge in [-0.05, 0) is 54.6 Å². The second-order valence-corrected chi connectivity index (χ2v) is 7.44. The highest BCUT2D eigenvalue weighted by Gasteiger charge is 2.29. The van der Waals surface area contributed by atoms with Crippen molar-refractivity contribution < 1.29 is 0 Å². The van der Waals surface area contributed by atoms with Gasteiger partial charge in [0.15, 0.2) is 0 Å². The van der Waals surface area contributed by atoms with Gasteiger partial charge in [-0.25, -0.2) is 0 Å². The van der Waals surface area contributed by atoms with Crippen LogP contribution in [0.3, 0.4) is 0 Å². The van der Waals surface area contributed by atoms with E-state index in [1.54, 1.807) is 0 Å². The van der Waals surface area contributed by atoms with Gasteiger partial charge in [0.05, 0.1) is 0 Å². The third kappa shape index (κ3) is 3.25. The molecule has 0 amide bonds. The Kier molecular flexibility index (Phi) is 4.82. The standard InChI is InChI=1S/C18H19Br2N/c1-12-10-13(6-7-17(12)19)14-8-9-21-11-16(14)15-4-2-3-5-18(15)20/h2-7,10,14,16,21H,8-9,11H2,1H3. The molecule has 2 atom stereocenters. The van der Waals surface area contributed by atoms with E-state index in [4.69, 9.17) is 0 Å². The SMILES string of the molecule is Cc1cc(C2CCNCC2c2ccccc2Br)ccc1Br. The molecule has 0 spiro atoms. The summed E-state index contributed by atoms with van der Waals surface area (Å²) in [6.07, 6.45) is 1.19. The second kappa shape index (κ2) is 6.64. The van der Waals surface area contributed by atoms with Crippen LogP contribution in [0.5, 0.6) is 0 Å². The first-order valence-electron chi connectivity index (χ1n) is 7.38. The molecular weight excluding hydrogens is 390 g/mol. The molecule has 1 heterocycles. The lowest BCUT2D eigenvalue weighted by atomic mass is 9.77. The maximum atomic E-state index is 3.72. The van der Waals surface area contributed by atoms with Crippen LogP contribution >= 0.6 is 31.9 Å². The molecule has 110 valence electrons. The Morgan fingerprint density at radius 2 is 1.81 bits per heavy atom. The summed E-state index contributed by atoms with van der Waals surface area (Å²) in [5, 5.41) is 3.56. The average molecular weight is 409 g/mol. The van der Waals surface area contributed by atoms with E-state index in [9.17, 15) is 0 Å². The number of nitrogens with one attached hydrogen (secondary N) is 1. The summed E-state index contributed by atoms with van der Waals surface area (Å²) in [6, 6.07) is 15.4. The van der Waals surface area contributed by atoms with Crippen molar-refractivity contribution in [3.63, 3.8) is 0 Å². The van der Waals surface area contributed by atoms with Gasteiger partial charge in [-0.1, -0.05) is 62.2 Å². The molecule has 0 bridgehead atoms. The topological polar surface area (TPSA) is 12.0 Å². The van der Waals surface area contributed by atoms with Crippen LogP contribution in [0.2, 0.25) is 0 Å². The minimum Gasteiger partial charge on any atom is -0.316 e. The Morgan fingerprint density at radius 1 is 1.00 bits per heavy atom. The maximum absolute atomic E-state index is 3.72. The number of halogens is 2. The summed E-state index contributed by atoms with van der Waals surface area (Å²) in [4.78, 5) is 0. The van der Waals surface area contributed by atoms with E-state index in [1.165, 1.54) is 32.1 Å². The molecule has 0 aliphatic carbocycles. The van der Waals surface area contributed by atoms with Gasteiger partial charge in [-0.2, -0.15) is 0 Å². The molecule has 0 saturated carbocycles. The number of benzene rings is 2. The van der Waals surface area contributed by atoms with E-state index in [2.05, 4.69) is 86.6 Å². The van der Waals surface area contributed by atoms with Gasteiger partial charge in [0.25, 0.3) is 0 Å². The number of rotatable bonds is 2. The summed E-state index contributed by atoms with van der Waals surface area (Å²) in [7, 11) is 0. The number of piperidine rings is 1. The molecule has 2 aromatic rings. The zero-order chi connectivity index (χ0) is 14.8. The van der Waals surface area contributed by atoms with Crippen LogP contribution in [-0.2, 0) is 0 Å². The molecule has 1 aliphatic rings. The van der Waals surface area contributed by atoms with Crippen molar-refractivity contribution in [3.8, 4) is 0 Å². The largest absolute Gasteiger partial charge is 0.316 e. The highest BCUT2D eigenvalue weighted by molar-refractivity contribution is 9.10. The van der Waals surface area contributed by atoms with Crippen molar-refractivity contribution >= 4 is 31.9 Å². The lowest BCUT2D eigenvalue weighted by Crippen LogP contribution is -2.34. The highest BCUT2D eigenvalue weighted by atomic mass is 79.9. The van der Waals surface area contributed by atoms with Crippen molar-refractivity contribution in [1.29, 1.82) is 0 Å². The van der Waals surface area contributed by atoms with E-state index in [-0.39, 0.29) is 0 Å². The molecule has 1 fully saturated rings. The van der Waals surface area contributed by atoms with Crippen LogP contribution in [0.1, 0.15) is 34.9 Å². The van der Waals surface area contributed by atoms with E-state index in [0.717, 1.165) is 13.1 Å². The van der Waals surface area contributed by atoms with Crippen LogP contribution in [0.4, 0.5) is 0 Å². The van der Waals surface area contributed by atoms with Gasteiger partial charge in [0.2, 0.25) is 0 Å². The molecule has 2 unspecified atom stereocenters. The van der Waals surface area contributed by atoms with E-state index >= 15 is 0 Å². The Balaban J connectivity index is 1.98. The number of aryl methyl sites for hydroxylation is 1. The third-order valence-electron chi connectivity index (χ3n) is 4.40. The normalized spacial score (nSPS) is 22.2. The third-order valence-corrected chi connectivity index (χ3v) is 6.01. The first-order valence-corrected chi connectivity index (χ1v) is 8.96. The number of hydrogen-bond acceptors (Lipinski definition) is 1. The Labute approximate surface area is 143 Å². The zero-order valence-electron chi connectivity index (χ0n) is 12.1. The van der Waals surface area contributed by atoms with Gasteiger partial charge >= 0.3 is 0 Å². The van der Waals surface area contributed by atoms with Crippen LogP contribution < -0.4 is 5.32 Å². The minimum atomic E-state index is 0.523. The van der Waals surface area contributed by atoms with Crippen molar-refractivity contribution in [1.82, 2.24) is 5.32 Å². The smallest absolute Gasteiger partial charge is 0.0210 e. The van der Waals surface area contributed by atoms with Gasteiger partial charge < -0.3 is 5.32 Å². The van der Waals surface area contributed by atoms with Crippen LogP contribution in [0, 0.1) is 6.92 Å². The first kappa shape index (κ1) is 15.3. The van der Waals surface area contributed by atoms with E-state index < -0.39 is 0 Å². The highest BCUT2D eigenvalue weighted by Crippen LogP contribution is 2.40. The quantitative estimate of drug-likeness (QED) is 0.703. The lowest BCUT2D eigenvalue weighted by molar-refractivity contribution is 0.403.